The number of aryl methyl sites for hydroxylation is 1. The molecule has 0 saturated heterocycles. The highest BCUT2D eigenvalue weighted by molar-refractivity contribution is 5.81. The van der Waals surface area contributed by atoms with Gasteiger partial charge in [0.2, 0.25) is 11.8 Å². The van der Waals surface area contributed by atoms with Gasteiger partial charge < -0.3 is 14.8 Å². The van der Waals surface area contributed by atoms with Crippen molar-refractivity contribution in [1.82, 2.24) is 19.8 Å². The molecular weight excluding hydrogens is 424 g/mol. The van der Waals surface area contributed by atoms with Crippen LogP contribution in [0.25, 0.3) is 11.0 Å². The SMILES string of the molecule is CC(C)N(Cc1ccccc1)C(=O)Cn1c(CCCCCNC(=O)C2CC2)nc2ccccc21. The number of nitrogens with zero attached hydrogens (tertiary/aromatic N) is 3. The Morgan fingerprint density at radius 3 is 2.50 bits per heavy atom. The average molecular weight is 461 g/mol. The number of hydrogen-bond donors (Lipinski definition) is 1. The lowest BCUT2D eigenvalue weighted by atomic mass is 10.1. The summed E-state index contributed by atoms with van der Waals surface area (Å²) in [6, 6.07) is 18.3. The largest absolute Gasteiger partial charge is 0.356 e. The number of para-hydroxylation sites is 2. The molecule has 0 aliphatic heterocycles. The maximum absolute atomic E-state index is 13.4. The van der Waals surface area contributed by atoms with Crippen LogP contribution in [0.15, 0.2) is 54.6 Å². The van der Waals surface area contributed by atoms with Crippen LogP contribution < -0.4 is 5.32 Å². The van der Waals surface area contributed by atoms with Crippen molar-refractivity contribution < 1.29 is 9.59 Å². The van der Waals surface area contributed by atoms with Crippen LogP contribution >= 0.6 is 0 Å². The third kappa shape index (κ3) is 6.25. The molecule has 0 radical (unpaired) electrons. The van der Waals surface area contributed by atoms with Crippen LogP contribution in [0.2, 0.25) is 0 Å². The van der Waals surface area contributed by atoms with Gasteiger partial charge in [0.05, 0.1) is 11.0 Å². The van der Waals surface area contributed by atoms with Gasteiger partial charge in [0.25, 0.3) is 0 Å². The van der Waals surface area contributed by atoms with Gasteiger partial charge in [-0.1, -0.05) is 48.9 Å². The van der Waals surface area contributed by atoms with Crippen molar-refractivity contribution in [2.45, 2.75) is 71.5 Å². The molecule has 1 aromatic heterocycles. The number of imidazole rings is 1. The van der Waals surface area contributed by atoms with E-state index in [-0.39, 0.29) is 30.3 Å². The Bertz CT molecular complexity index is 1100. The van der Waals surface area contributed by atoms with E-state index in [0.29, 0.717) is 6.54 Å². The molecule has 1 heterocycles. The fraction of sp³-hybridized carbons (Fsp3) is 0.464. The second-order valence-corrected chi connectivity index (χ2v) is 9.58. The number of carbonyl (C=O) groups excluding carboxylic acids is 2. The molecule has 0 unspecified atom stereocenters. The Morgan fingerprint density at radius 2 is 1.76 bits per heavy atom. The molecule has 2 amide bonds. The van der Waals surface area contributed by atoms with Crippen molar-refractivity contribution in [2.24, 2.45) is 5.92 Å². The van der Waals surface area contributed by atoms with Crippen LogP contribution in [0.5, 0.6) is 0 Å². The number of hydrogen-bond acceptors (Lipinski definition) is 3. The van der Waals surface area contributed by atoms with Crippen molar-refractivity contribution in [2.75, 3.05) is 6.54 Å². The first-order valence-corrected chi connectivity index (χ1v) is 12.6. The summed E-state index contributed by atoms with van der Waals surface area (Å²) in [5.41, 5.74) is 3.07. The molecule has 0 bridgehead atoms. The minimum Gasteiger partial charge on any atom is -0.356 e. The minimum absolute atomic E-state index is 0.103. The Hall–Kier alpha value is -3.15. The lowest BCUT2D eigenvalue weighted by Gasteiger charge is -2.27. The molecule has 4 rings (SSSR count). The first-order valence-electron chi connectivity index (χ1n) is 12.6. The Balaban J connectivity index is 1.39. The Kier molecular flexibility index (Phi) is 7.99. The molecule has 2 aromatic carbocycles. The monoisotopic (exact) mass is 460 g/mol. The Labute approximate surface area is 202 Å². The van der Waals surface area contributed by atoms with E-state index in [9.17, 15) is 9.59 Å². The predicted octanol–water partition coefficient (Wildman–Crippen LogP) is 4.71. The number of carbonyl (C=O) groups is 2. The molecule has 0 spiro atoms. The number of aromatic nitrogens is 2. The van der Waals surface area contributed by atoms with Gasteiger partial charge in [-0.25, -0.2) is 4.98 Å². The fourth-order valence-corrected chi connectivity index (χ4v) is 4.34. The molecule has 1 saturated carbocycles. The van der Waals surface area contributed by atoms with Gasteiger partial charge in [0.1, 0.15) is 12.4 Å². The maximum Gasteiger partial charge on any atom is 0.243 e. The van der Waals surface area contributed by atoms with E-state index in [1.54, 1.807) is 0 Å². The van der Waals surface area contributed by atoms with Crippen molar-refractivity contribution in [3.63, 3.8) is 0 Å². The van der Waals surface area contributed by atoms with Crippen LogP contribution in [0.1, 0.15) is 57.3 Å². The smallest absolute Gasteiger partial charge is 0.243 e. The van der Waals surface area contributed by atoms with Gasteiger partial charge in [-0.05, 0) is 57.2 Å². The summed E-state index contributed by atoms with van der Waals surface area (Å²) in [6.45, 7) is 5.77. The summed E-state index contributed by atoms with van der Waals surface area (Å²) < 4.78 is 2.09. The van der Waals surface area contributed by atoms with Gasteiger partial charge in [0.15, 0.2) is 0 Å². The predicted molar refractivity (Wildman–Crippen MR) is 135 cm³/mol. The number of benzene rings is 2. The molecule has 1 N–H and O–H groups in total. The zero-order valence-corrected chi connectivity index (χ0v) is 20.4. The molecule has 3 aromatic rings. The maximum atomic E-state index is 13.4. The molecule has 180 valence electrons. The molecule has 6 heteroatoms. The van der Waals surface area contributed by atoms with Crippen LogP contribution in [-0.4, -0.2) is 38.9 Å². The third-order valence-corrected chi connectivity index (χ3v) is 6.49. The van der Waals surface area contributed by atoms with Crippen LogP contribution in [0, 0.1) is 5.92 Å². The van der Waals surface area contributed by atoms with E-state index in [1.807, 2.05) is 47.4 Å². The van der Waals surface area contributed by atoms with Crippen molar-refractivity contribution >= 4 is 22.8 Å². The van der Waals surface area contributed by atoms with Gasteiger partial charge in [-0.2, -0.15) is 0 Å². The average Bonchev–Trinajstić information content (AvgIpc) is 3.64. The quantitative estimate of drug-likeness (QED) is 0.398. The lowest BCUT2D eigenvalue weighted by Crippen LogP contribution is -2.38. The van der Waals surface area contributed by atoms with E-state index in [4.69, 9.17) is 4.98 Å². The van der Waals surface area contributed by atoms with E-state index in [1.165, 1.54) is 0 Å². The topological polar surface area (TPSA) is 67.2 Å². The number of unbranched alkanes of at least 4 members (excludes halogenated alkanes) is 2. The van der Waals surface area contributed by atoms with E-state index < -0.39 is 0 Å². The highest BCUT2D eigenvalue weighted by atomic mass is 16.2. The van der Waals surface area contributed by atoms with Crippen molar-refractivity contribution in [3.8, 4) is 0 Å². The summed E-state index contributed by atoms with van der Waals surface area (Å²) in [6.07, 6.45) is 5.87. The zero-order chi connectivity index (χ0) is 23.9. The summed E-state index contributed by atoms with van der Waals surface area (Å²) in [7, 11) is 0. The summed E-state index contributed by atoms with van der Waals surface area (Å²) >= 11 is 0. The molecule has 0 atom stereocenters. The second-order valence-electron chi connectivity index (χ2n) is 9.58. The van der Waals surface area contributed by atoms with Gasteiger partial charge in [0, 0.05) is 31.5 Å². The number of fused-ring (bicyclic) bond motifs is 1. The standard InChI is InChI=1S/C28H36N4O2/c1-21(2)31(19-22-11-5-3-6-12-22)27(33)20-32-25-14-9-8-13-24(25)30-26(32)15-7-4-10-18-29-28(34)23-16-17-23/h3,5-6,8-9,11-14,21,23H,4,7,10,15-20H2,1-2H3,(H,29,34). The van der Waals surface area contributed by atoms with Crippen LogP contribution in [0.4, 0.5) is 0 Å². The minimum atomic E-state index is 0.103. The van der Waals surface area contributed by atoms with Gasteiger partial charge in [-0.3, -0.25) is 9.59 Å². The molecular formula is C28H36N4O2. The highest BCUT2D eigenvalue weighted by Gasteiger charge is 2.29. The lowest BCUT2D eigenvalue weighted by molar-refractivity contribution is -0.134. The van der Waals surface area contributed by atoms with Gasteiger partial charge >= 0.3 is 0 Å². The second kappa shape index (κ2) is 11.3. The fourth-order valence-electron chi connectivity index (χ4n) is 4.34. The molecule has 34 heavy (non-hydrogen) atoms. The first kappa shape index (κ1) is 24.0. The summed E-state index contributed by atoms with van der Waals surface area (Å²) in [4.78, 5) is 32.0. The number of nitrogens with one attached hydrogen (secondary N) is 1. The highest BCUT2D eigenvalue weighted by Crippen LogP contribution is 2.28. The van der Waals surface area contributed by atoms with Crippen LogP contribution in [-0.2, 0) is 29.1 Å². The molecule has 1 aliphatic rings. The summed E-state index contributed by atoms with van der Waals surface area (Å²) in [5, 5.41) is 3.04. The number of amides is 2. The molecule has 1 fully saturated rings. The summed E-state index contributed by atoms with van der Waals surface area (Å²) in [5.74, 6) is 1.54. The van der Waals surface area contributed by atoms with Crippen molar-refractivity contribution in [1.29, 1.82) is 0 Å². The van der Waals surface area contributed by atoms with E-state index >= 15 is 0 Å². The van der Waals surface area contributed by atoms with Gasteiger partial charge in [-0.15, -0.1) is 0 Å². The zero-order valence-electron chi connectivity index (χ0n) is 20.4. The third-order valence-electron chi connectivity index (χ3n) is 6.49. The number of rotatable bonds is 12. The Morgan fingerprint density at radius 1 is 1.03 bits per heavy atom. The molecule has 1 aliphatic carbocycles. The van der Waals surface area contributed by atoms with E-state index in [0.717, 1.165) is 67.5 Å². The van der Waals surface area contributed by atoms with E-state index in [2.05, 4.69) is 35.9 Å². The van der Waals surface area contributed by atoms with Crippen LogP contribution in [0.3, 0.4) is 0 Å². The normalized spacial score (nSPS) is 13.4. The molecule has 6 nitrogen and oxygen atoms in total. The first-order chi connectivity index (χ1) is 16.5. The van der Waals surface area contributed by atoms with Crippen molar-refractivity contribution in [3.05, 3.63) is 66.0 Å².